The van der Waals surface area contributed by atoms with Crippen molar-refractivity contribution in [3.63, 3.8) is 0 Å². The van der Waals surface area contributed by atoms with Crippen LogP contribution in [0.1, 0.15) is 26.3 Å². The van der Waals surface area contributed by atoms with Gasteiger partial charge in [-0.3, -0.25) is 0 Å². The number of aromatic nitrogens is 2. The highest BCUT2D eigenvalue weighted by atomic mass is 15.1. The molecule has 0 saturated carbocycles. The van der Waals surface area contributed by atoms with Gasteiger partial charge in [-0.2, -0.15) is 0 Å². The Morgan fingerprint density at radius 2 is 1.53 bits per heavy atom. The normalized spacial score (nSPS) is 11.2. The maximum atomic E-state index is 4.32. The lowest BCUT2D eigenvalue weighted by Crippen LogP contribution is -2.12. The van der Waals surface area contributed by atoms with Gasteiger partial charge in [-0.25, -0.2) is 9.97 Å². The largest absolute Gasteiger partial charge is 0.324 e. The quantitative estimate of drug-likeness (QED) is 0.853. The van der Waals surface area contributed by atoms with E-state index in [1.165, 1.54) is 0 Å². The molecule has 0 aliphatic rings. The van der Waals surface area contributed by atoms with Crippen LogP contribution in [0.3, 0.4) is 0 Å². The van der Waals surface area contributed by atoms with Crippen molar-refractivity contribution < 1.29 is 0 Å². The van der Waals surface area contributed by atoms with E-state index in [4.69, 9.17) is 0 Å². The van der Waals surface area contributed by atoms with Crippen LogP contribution in [0.25, 0.3) is 0 Å². The Balaban J connectivity index is 2.14. The summed E-state index contributed by atoms with van der Waals surface area (Å²) in [6.07, 6.45) is 3.75. The van der Waals surface area contributed by atoms with E-state index in [1.54, 1.807) is 0 Å². The number of nitrogens with zero attached hydrogens (tertiary/aromatic N) is 2. The topological polar surface area (TPSA) is 37.8 Å². The molecule has 0 bridgehead atoms. The first kappa shape index (κ1) is 11.6. The van der Waals surface area contributed by atoms with Gasteiger partial charge in [-0.1, -0.05) is 39.0 Å². The minimum atomic E-state index is 0.0886. The van der Waals surface area contributed by atoms with Crippen molar-refractivity contribution in [2.45, 2.75) is 26.2 Å². The van der Waals surface area contributed by atoms with E-state index in [2.05, 4.69) is 36.1 Å². The summed E-state index contributed by atoms with van der Waals surface area (Å²) in [7, 11) is 0. The minimum Gasteiger partial charge on any atom is -0.324 e. The lowest BCUT2D eigenvalue weighted by molar-refractivity contribution is 0.584. The maximum absolute atomic E-state index is 4.32. The third-order valence-corrected chi connectivity index (χ3v) is 2.55. The molecule has 0 saturated heterocycles. The van der Waals surface area contributed by atoms with E-state index in [0.29, 0.717) is 5.95 Å². The first-order valence-corrected chi connectivity index (χ1v) is 5.70. The first-order chi connectivity index (χ1) is 8.05. The molecule has 0 aliphatic heterocycles. The molecule has 0 amide bonds. The van der Waals surface area contributed by atoms with Crippen molar-refractivity contribution in [1.82, 2.24) is 9.97 Å². The molecular weight excluding hydrogens is 210 g/mol. The molecule has 0 spiro atoms. The second kappa shape index (κ2) is 4.53. The number of hydrogen-bond acceptors (Lipinski definition) is 3. The fourth-order valence-electron chi connectivity index (χ4n) is 1.43. The van der Waals surface area contributed by atoms with Gasteiger partial charge in [0.15, 0.2) is 0 Å². The van der Waals surface area contributed by atoms with Crippen LogP contribution < -0.4 is 5.32 Å². The van der Waals surface area contributed by atoms with Crippen LogP contribution in [0, 0.1) is 0 Å². The number of para-hydroxylation sites is 1. The zero-order valence-electron chi connectivity index (χ0n) is 10.4. The van der Waals surface area contributed by atoms with Crippen LogP contribution in [0.5, 0.6) is 0 Å². The van der Waals surface area contributed by atoms with E-state index in [0.717, 1.165) is 11.3 Å². The fourth-order valence-corrected chi connectivity index (χ4v) is 1.43. The summed E-state index contributed by atoms with van der Waals surface area (Å²) in [4.78, 5) is 8.64. The van der Waals surface area contributed by atoms with Crippen LogP contribution in [-0.4, -0.2) is 9.97 Å². The van der Waals surface area contributed by atoms with Gasteiger partial charge >= 0.3 is 0 Å². The highest BCUT2D eigenvalue weighted by Gasteiger charge is 2.14. The summed E-state index contributed by atoms with van der Waals surface area (Å²) in [6, 6.07) is 9.91. The van der Waals surface area contributed by atoms with E-state index in [9.17, 15) is 0 Å². The predicted molar refractivity (Wildman–Crippen MR) is 70.5 cm³/mol. The van der Waals surface area contributed by atoms with Crippen LogP contribution in [0.2, 0.25) is 0 Å². The zero-order valence-corrected chi connectivity index (χ0v) is 10.4. The third kappa shape index (κ3) is 3.03. The van der Waals surface area contributed by atoms with Crippen molar-refractivity contribution in [2.24, 2.45) is 0 Å². The Morgan fingerprint density at radius 3 is 2.06 bits per heavy atom. The fraction of sp³-hybridized carbons (Fsp3) is 0.286. The number of benzene rings is 1. The lowest BCUT2D eigenvalue weighted by atomic mass is 9.89. The predicted octanol–water partition coefficient (Wildman–Crippen LogP) is 3.52. The SMILES string of the molecule is CC(C)(C)c1cnc(Nc2ccccc2)nc1. The Labute approximate surface area is 102 Å². The molecule has 1 aromatic heterocycles. The van der Waals surface area contributed by atoms with Crippen LogP contribution in [0.15, 0.2) is 42.7 Å². The highest BCUT2D eigenvalue weighted by Crippen LogP contribution is 2.21. The molecular formula is C14H17N3. The molecule has 17 heavy (non-hydrogen) atoms. The van der Waals surface area contributed by atoms with Gasteiger partial charge in [0.1, 0.15) is 0 Å². The summed E-state index contributed by atoms with van der Waals surface area (Å²) >= 11 is 0. The molecule has 3 nitrogen and oxygen atoms in total. The molecule has 88 valence electrons. The van der Waals surface area contributed by atoms with Gasteiger partial charge in [0, 0.05) is 18.1 Å². The zero-order chi connectivity index (χ0) is 12.3. The van der Waals surface area contributed by atoms with Crippen molar-refractivity contribution in [3.05, 3.63) is 48.3 Å². The van der Waals surface area contributed by atoms with Crippen molar-refractivity contribution >= 4 is 11.6 Å². The molecule has 2 rings (SSSR count). The first-order valence-electron chi connectivity index (χ1n) is 5.70. The van der Waals surface area contributed by atoms with E-state index in [1.807, 2.05) is 42.7 Å². The van der Waals surface area contributed by atoms with Gasteiger partial charge < -0.3 is 5.32 Å². The summed E-state index contributed by atoms with van der Waals surface area (Å²) in [5, 5.41) is 3.16. The molecule has 3 heteroatoms. The Hall–Kier alpha value is -1.90. The van der Waals surface area contributed by atoms with E-state index >= 15 is 0 Å². The molecule has 0 aliphatic carbocycles. The minimum absolute atomic E-state index is 0.0886. The standard InChI is InChI=1S/C14H17N3/c1-14(2,3)11-9-15-13(16-10-11)17-12-7-5-4-6-8-12/h4-10H,1-3H3,(H,15,16,17). The summed E-state index contributed by atoms with van der Waals surface area (Å²) in [5.74, 6) is 0.629. The Morgan fingerprint density at radius 1 is 0.941 bits per heavy atom. The summed E-state index contributed by atoms with van der Waals surface area (Å²) < 4.78 is 0. The summed E-state index contributed by atoms with van der Waals surface area (Å²) in [6.45, 7) is 6.45. The Bertz CT molecular complexity index is 469. The average molecular weight is 227 g/mol. The maximum Gasteiger partial charge on any atom is 0.227 e. The third-order valence-electron chi connectivity index (χ3n) is 2.55. The second-order valence-corrected chi connectivity index (χ2v) is 5.04. The number of nitrogens with one attached hydrogen (secondary N) is 1. The monoisotopic (exact) mass is 227 g/mol. The average Bonchev–Trinajstić information content (AvgIpc) is 2.30. The number of hydrogen-bond donors (Lipinski definition) is 1. The molecule has 0 unspecified atom stereocenters. The molecule has 0 radical (unpaired) electrons. The van der Waals surface area contributed by atoms with Crippen molar-refractivity contribution in [3.8, 4) is 0 Å². The molecule has 2 aromatic rings. The van der Waals surface area contributed by atoms with Gasteiger partial charge in [0.05, 0.1) is 0 Å². The van der Waals surface area contributed by atoms with Crippen LogP contribution >= 0.6 is 0 Å². The van der Waals surface area contributed by atoms with Gasteiger partial charge in [0.25, 0.3) is 0 Å². The molecule has 0 fully saturated rings. The van der Waals surface area contributed by atoms with Crippen molar-refractivity contribution in [2.75, 3.05) is 5.32 Å². The van der Waals surface area contributed by atoms with Crippen LogP contribution in [-0.2, 0) is 5.41 Å². The van der Waals surface area contributed by atoms with Crippen LogP contribution in [0.4, 0.5) is 11.6 Å². The van der Waals surface area contributed by atoms with Gasteiger partial charge in [0.2, 0.25) is 5.95 Å². The molecule has 1 aromatic carbocycles. The highest BCUT2D eigenvalue weighted by molar-refractivity contribution is 5.52. The molecule has 1 heterocycles. The molecule has 0 atom stereocenters. The summed E-state index contributed by atoms with van der Waals surface area (Å²) in [5.41, 5.74) is 2.22. The number of rotatable bonds is 2. The van der Waals surface area contributed by atoms with Crippen molar-refractivity contribution in [1.29, 1.82) is 0 Å². The Kier molecular flexibility index (Phi) is 3.09. The molecule has 1 N–H and O–H groups in total. The second-order valence-electron chi connectivity index (χ2n) is 5.04. The van der Waals surface area contributed by atoms with Gasteiger partial charge in [-0.05, 0) is 23.1 Å². The smallest absolute Gasteiger partial charge is 0.227 e. The van der Waals surface area contributed by atoms with E-state index < -0.39 is 0 Å². The number of anilines is 2. The lowest BCUT2D eigenvalue weighted by Gasteiger charge is -2.17. The van der Waals surface area contributed by atoms with E-state index in [-0.39, 0.29) is 5.41 Å². The van der Waals surface area contributed by atoms with Gasteiger partial charge in [-0.15, -0.1) is 0 Å².